The van der Waals surface area contributed by atoms with Crippen LogP contribution in [-0.4, -0.2) is 18.1 Å². The lowest BCUT2D eigenvalue weighted by Gasteiger charge is -2.12. The van der Waals surface area contributed by atoms with Gasteiger partial charge in [0, 0.05) is 0 Å². The summed E-state index contributed by atoms with van der Waals surface area (Å²) >= 11 is 0. The molecule has 0 aliphatic rings. The Labute approximate surface area is 96.4 Å². The van der Waals surface area contributed by atoms with Crippen molar-refractivity contribution in [3.05, 3.63) is 28.8 Å². The number of hydrogen-bond acceptors (Lipinski definition) is 3. The first-order valence-corrected chi connectivity index (χ1v) is 4.32. The molecule has 0 aliphatic heterocycles. The van der Waals surface area contributed by atoms with Crippen molar-refractivity contribution >= 4 is 5.97 Å². The quantitative estimate of drug-likeness (QED) is 0.614. The lowest BCUT2D eigenvalue weighted by Crippen LogP contribution is -2.18. The Kier molecular flexibility index (Phi) is 3.82. The Hall–Kier alpha value is -1.80. The van der Waals surface area contributed by atoms with Crippen molar-refractivity contribution in [3.63, 3.8) is 0 Å². The van der Waals surface area contributed by atoms with Gasteiger partial charge in [-0.25, -0.2) is 22.9 Å². The molecule has 0 saturated carbocycles. The third kappa shape index (κ3) is 2.71. The van der Waals surface area contributed by atoms with Crippen LogP contribution in [-0.2, 0) is 10.9 Å². The maximum absolute atomic E-state index is 13.2. The summed E-state index contributed by atoms with van der Waals surface area (Å²) in [5.41, 5.74) is -4.94. The van der Waals surface area contributed by atoms with Gasteiger partial charge in [0.15, 0.2) is 17.2 Å². The van der Waals surface area contributed by atoms with E-state index in [-0.39, 0.29) is 6.07 Å². The Balaban J connectivity index is 3.51. The number of nitrogens with zero attached hydrogens (tertiary/aromatic N) is 1. The third-order valence-electron chi connectivity index (χ3n) is 1.89. The first kappa shape index (κ1) is 14.3. The van der Waals surface area contributed by atoms with Crippen LogP contribution in [0.4, 0.5) is 26.3 Å². The molecule has 0 aliphatic carbocycles. The van der Waals surface area contributed by atoms with Gasteiger partial charge < -0.3 is 4.74 Å². The molecular formula is C9H5F6NO2. The number of hydrogen-bond donors (Lipinski definition) is 0. The molecule has 0 unspecified atom stereocenters. The standard InChI is InChI=1S/C9H5F6NO2/c1-18-8(17)5-4(10)2-3(7(11)12)6(16-5)9(13,14)15/h2,7H,1H3. The number of carbonyl (C=O) groups is 1. The second kappa shape index (κ2) is 4.83. The predicted octanol–water partition coefficient (Wildman–Crippen LogP) is 2.96. The number of esters is 1. The van der Waals surface area contributed by atoms with Gasteiger partial charge in [0.25, 0.3) is 6.43 Å². The summed E-state index contributed by atoms with van der Waals surface area (Å²) in [5.74, 6) is -3.09. The van der Waals surface area contributed by atoms with Gasteiger partial charge in [-0.05, 0) is 6.07 Å². The van der Waals surface area contributed by atoms with E-state index in [1.165, 1.54) is 0 Å². The fourth-order valence-electron chi connectivity index (χ4n) is 1.14. The molecule has 9 heteroatoms. The number of halogens is 6. The minimum atomic E-state index is -5.23. The van der Waals surface area contributed by atoms with E-state index in [0.717, 1.165) is 7.11 Å². The van der Waals surface area contributed by atoms with E-state index in [9.17, 15) is 31.1 Å². The highest BCUT2D eigenvalue weighted by Gasteiger charge is 2.39. The minimum Gasteiger partial charge on any atom is -0.464 e. The minimum absolute atomic E-state index is 0.0766. The second-order valence-electron chi connectivity index (χ2n) is 3.05. The lowest BCUT2D eigenvalue weighted by molar-refractivity contribution is -0.143. The molecule has 3 nitrogen and oxygen atoms in total. The lowest BCUT2D eigenvalue weighted by atomic mass is 10.1. The van der Waals surface area contributed by atoms with E-state index < -0.39 is 41.3 Å². The number of methoxy groups -OCH3 is 1. The highest BCUT2D eigenvalue weighted by Crippen LogP contribution is 2.35. The Bertz CT molecular complexity index is 471. The Morgan fingerprint density at radius 2 is 1.94 bits per heavy atom. The molecule has 0 radical (unpaired) electrons. The van der Waals surface area contributed by atoms with E-state index >= 15 is 0 Å². The van der Waals surface area contributed by atoms with E-state index in [4.69, 9.17) is 0 Å². The van der Waals surface area contributed by atoms with Crippen molar-refractivity contribution in [1.82, 2.24) is 4.98 Å². The molecule has 0 N–H and O–H groups in total. The average molecular weight is 273 g/mol. The molecule has 0 amide bonds. The molecule has 0 fully saturated rings. The van der Waals surface area contributed by atoms with Crippen molar-refractivity contribution in [2.75, 3.05) is 7.11 Å². The van der Waals surface area contributed by atoms with Crippen LogP contribution in [0, 0.1) is 5.82 Å². The van der Waals surface area contributed by atoms with Crippen molar-refractivity contribution < 1.29 is 35.9 Å². The number of aromatic nitrogens is 1. The summed E-state index contributed by atoms with van der Waals surface area (Å²) in [4.78, 5) is 13.5. The van der Waals surface area contributed by atoms with Crippen molar-refractivity contribution in [1.29, 1.82) is 0 Å². The number of alkyl halides is 5. The Morgan fingerprint density at radius 1 is 1.39 bits per heavy atom. The molecule has 0 spiro atoms. The van der Waals surface area contributed by atoms with Gasteiger partial charge in [-0.2, -0.15) is 13.2 Å². The summed E-state index contributed by atoms with van der Waals surface area (Å²) in [6.45, 7) is 0. The van der Waals surface area contributed by atoms with Crippen LogP contribution in [0.25, 0.3) is 0 Å². The highest BCUT2D eigenvalue weighted by atomic mass is 19.4. The molecule has 0 saturated heterocycles. The number of carbonyl (C=O) groups excluding carboxylic acids is 1. The number of pyridine rings is 1. The predicted molar refractivity (Wildman–Crippen MR) is 45.5 cm³/mol. The van der Waals surface area contributed by atoms with Gasteiger partial charge in [-0.3, -0.25) is 0 Å². The van der Waals surface area contributed by atoms with Crippen LogP contribution in [0.1, 0.15) is 28.2 Å². The van der Waals surface area contributed by atoms with Crippen LogP contribution in [0.15, 0.2) is 6.07 Å². The normalized spacial score (nSPS) is 11.8. The maximum Gasteiger partial charge on any atom is 0.433 e. The van der Waals surface area contributed by atoms with Gasteiger partial charge in [-0.1, -0.05) is 0 Å². The first-order chi connectivity index (χ1) is 8.18. The van der Waals surface area contributed by atoms with Gasteiger partial charge in [0.2, 0.25) is 0 Å². The molecule has 0 aromatic carbocycles. The summed E-state index contributed by atoms with van der Waals surface area (Å²) in [6.07, 6.45) is -8.81. The second-order valence-corrected chi connectivity index (χ2v) is 3.05. The molecule has 1 aromatic heterocycles. The topological polar surface area (TPSA) is 39.2 Å². The summed E-state index contributed by atoms with van der Waals surface area (Å²) in [6, 6.07) is -0.0766. The monoisotopic (exact) mass is 273 g/mol. The molecular weight excluding hydrogens is 268 g/mol. The van der Waals surface area contributed by atoms with Gasteiger partial charge in [0.05, 0.1) is 12.7 Å². The summed E-state index contributed by atoms with van der Waals surface area (Å²) in [7, 11) is 0.789. The van der Waals surface area contributed by atoms with Crippen molar-refractivity contribution in [2.24, 2.45) is 0 Å². The van der Waals surface area contributed by atoms with Crippen LogP contribution in [0.5, 0.6) is 0 Å². The third-order valence-corrected chi connectivity index (χ3v) is 1.89. The van der Waals surface area contributed by atoms with E-state index in [2.05, 4.69) is 9.72 Å². The van der Waals surface area contributed by atoms with Crippen LogP contribution in [0.2, 0.25) is 0 Å². The van der Waals surface area contributed by atoms with E-state index in [0.29, 0.717) is 0 Å². The van der Waals surface area contributed by atoms with Crippen molar-refractivity contribution in [2.45, 2.75) is 12.6 Å². The fourth-order valence-corrected chi connectivity index (χ4v) is 1.14. The van der Waals surface area contributed by atoms with Crippen LogP contribution in [0.3, 0.4) is 0 Å². The fraction of sp³-hybridized carbons (Fsp3) is 0.333. The van der Waals surface area contributed by atoms with Crippen LogP contribution >= 0.6 is 0 Å². The van der Waals surface area contributed by atoms with E-state index in [1.54, 1.807) is 0 Å². The zero-order valence-electron chi connectivity index (χ0n) is 8.69. The van der Waals surface area contributed by atoms with E-state index in [1.807, 2.05) is 0 Å². The van der Waals surface area contributed by atoms with Crippen molar-refractivity contribution in [3.8, 4) is 0 Å². The Morgan fingerprint density at radius 3 is 2.33 bits per heavy atom. The van der Waals surface area contributed by atoms with Gasteiger partial charge in [-0.15, -0.1) is 0 Å². The number of rotatable bonds is 2. The van der Waals surface area contributed by atoms with Gasteiger partial charge in [0.1, 0.15) is 0 Å². The molecule has 0 atom stereocenters. The summed E-state index contributed by atoms with van der Waals surface area (Å²) in [5, 5.41) is 0. The highest BCUT2D eigenvalue weighted by molar-refractivity contribution is 5.87. The zero-order chi connectivity index (χ0) is 14.1. The molecule has 100 valence electrons. The molecule has 1 rings (SSSR count). The first-order valence-electron chi connectivity index (χ1n) is 4.32. The molecule has 1 aromatic rings. The molecule has 0 bridgehead atoms. The smallest absolute Gasteiger partial charge is 0.433 e. The number of ether oxygens (including phenoxy) is 1. The van der Waals surface area contributed by atoms with Gasteiger partial charge >= 0.3 is 12.1 Å². The molecule has 1 heterocycles. The SMILES string of the molecule is COC(=O)c1nc(C(F)(F)F)c(C(F)F)cc1F. The maximum atomic E-state index is 13.2. The zero-order valence-corrected chi connectivity index (χ0v) is 8.69. The summed E-state index contributed by atoms with van der Waals surface area (Å²) < 4.78 is 79.1. The molecule has 18 heavy (non-hydrogen) atoms. The average Bonchev–Trinajstić information content (AvgIpc) is 2.25. The van der Waals surface area contributed by atoms with Crippen LogP contribution < -0.4 is 0 Å². The largest absolute Gasteiger partial charge is 0.464 e.